The van der Waals surface area contributed by atoms with E-state index in [1.807, 2.05) is 6.92 Å². The van der Waals surface area contributed by atoms with Crippen molar-refractivity contribution in [2.24, 2.45) is 11.3 Å². The van der Waals surface area contributed by atoms with Crippen LogP contribution in [-0.2, 0) is 4.79 Å². The van der Waals surface area contributed by atoms with Gasteiger partial charge in [-0.25, -0.2) is 0 Å². The molecule has 6 nitrogen and oxygen atoms in total. The summed E-state index contributed by atoms with van der Waals surface area (Å²) in [6, 6.07) is 1.70. The van der Waals surface area contributed by atoms with E-state index < -0.39 is 5.97 Å². The second kappa shape index (κ2) is 7.24. The number of carbonyl (C=O) groups is 2. The monoisotopic (exact) mass is 295 g/mol. The Morgan fingerprint density at radius 2 is 2.05 bits per heavy atom. The number of aromatic amines is 1. The van der Waals surface area contributed by atoms with Gasteiger partial charge in [0.05, 0.1) is 0 Å². The summed E-state index contributed by atoms with van der Waals surface area (Å²) in [6.07, 6.45) is 1.54. The Hall–Kier alpha value is -1.85. The van der Waals surface area contributed by atoms with E-state index in [-0.39, 0.29) is 23.7 Å². The Morgan fingerprint density at radius 3 is 2.52 bits per heavy atom. The van der Waals surface area contributed by atoms with Gasteiger partial charge in [-0.3, -0.25) is 14.7 Å². The third-order valence-electron chi connectivity index (χ3n) is 3.65. The first-order valence-corrected chi connectivity index (χ1v) is 7.22. The van der Waals surface area contributed by atoms with Crippen LogP contribution in [0.3, 0.4) is 0 Å². The van der Waals surface area contributed by atoms with Gasteiger partial charge in [0.1, 0.15) is 5.69 Å². The quantitative estimate of drug-likeness (QED) is 0.719. The first-order chi connectivity index (χ1) is 9.70. The Labute approximate surface area is 125 Å². The van der Waals surface area contributed by atoms with Gasteiger partial charge in [0.2, 0.25) is 0 Å². The zero-order chi connectivity index (χ0) is 16.0. The molecule has 1 unspecified atom stereocenters. The molecule has 1 aromatic rings. The summed E-state index contributed by atoms with van der Waals surface area (Å²) in [5.74, 6) is -0.736. The number of nitrogens with one attached hydrogen (secondary N) is 2. The van der Waals surface area contributed by atoms with Crippen LogP contribution in [0.4, 0.5) is 0 Å². The molecule has 0 aliphatic heterocycles. The molecule has 0 fully saturated rings. The van der Waals surface area contributed by atoms with Crippen molar-refractivity contribution in [3.05, 3.63) is 17.5 Å². The highest BCUT2D eigenvalue weighted by Crippen LogP contribution is 2.32. The summed E-state index contributed by atoms with van der Waals surface area (Å²) in [5.41, 5.74) is 1.24. The molecule has 3 N–H and O–H groups in total. The zero-order valence-electron chi connectivity index (χ0n) is 13.2. The number of aromatic nitrogens is 2. The molecule has 6 heteroatoms. The predicted molar refractivity (Wildman–Crippen MR) is 80.1 cm³/mol. The number of H-pyrrole nitrogens is 1. The van der Waals surface area contributed by atoms with E-state index >= 15 is 0 Å². The fraction of sp³-hybridized carbons (Fsp3) is 0.667. The van der Waals surface area contributed by atoms with Crippen molar-refractivity contribution in [3.63, 3.8) is 0 Å². The molecule has 1 atom stereocenters. The molecule has 1 aromatic heterocycles. The molecule has 0 bridgehead atoms. The van der Waals surface area contributed by atoms with Crippen molar-refractivity contribution in [2.45, 2.75) is 47.0 Å². The van der Waals surface area contributed by atoms with Gasteiger partial charge in [0.15, 0.2) is 0 Å². The van der Waals surface area contributed by atoms with Gasteiger partial charge in [0.25, 0.3) is 5.91 Å². The van der Waals surface area contributed by atoms with Crippen molar-refractivity contribution in [1.82, 2.24) is 15.5 Å². The number of hydrogen-bond acceptors (Lipinski definition) is 3. The van der Waals surface area contributed by atoms with Crippen LogP contribution >= 0.6 is 0 Å². The summed E-state index contributed by atoms with van der Waals surface area (Å²) in [7, 11) is 0. The van der Waals surface area contributed by atoms with Gasteiger partial charge >= 0.3 is 5.97 Å². The molecule has 0 aliphatic rings. The Morgan fingerprint density at radius 1 is 1.38 bits per heavy atom. The second-order valence-corrected chi connectivity index (χ2v) is 6.48. The number of hydrogen-bond donors (Lipinski definition) is 3. The van der Waals surface area contributed by atoms with Crippen LogP contribution in [0.2, 0.25) is 0 Å². The Kier molecular flexibility index (Phi) is 5.93. The highest BCUT2D eigenvalue weighted by atomic mass is 16.4. The average Bonchev–Trinajstić information content (AvgIpc) is 2.78. The molecule has 118 valence electrons. The molecule has 0 saturated heterocycles. The zero-order valence-corrected chi connectivity index (χ0v) is 13.2. The molecule has 21 heavy (non-hydrogen) atoms. The standard InChI is InChI=1S/C15H25N3O3/c1-10-9-12(18-17-10)14(21)16-8-7-11(15(2,3)4)5-6-13(19)20/h9,11H,5-8H2,1-4H3,(H,16,21)(H,17,18)(H,19,20). The lowest BCUT2D eigenvalue weighted by molar-refractivity contribution is -0.137. The number of carboxylic acid groups (broad SMARTS) is 1. The first kappa shape index (κ1) is 17.2. The van der Waals surface area contributed by atoms with Gasteiger partial charge in [-0.1, -0.05) is 20.8 Å². The molecule has 1 heterocycles. The van der Waals surface area contributed by atoms with E-state index in [0.717, 1.165) is 12.1 Å². The van der Waals surface area contributed by atoms with Crippen LogP contribution < -0.4 is 5.32 Å². The van der Waals surface area contributed by atoms with Gasteiger partial charge in [-0.2, -0.15) is 5.10 Å². The SMILES string of the molecule is Cc1cc(C(=O)NCCC(CCC(=O)O)C(C)(C)C)n[nH]1. The van der Waals surface area contributed by atoms with Gasteiger partial charge in [0, 0.05) is 18.7 Å². The number of amides is 1. The normalized spacial score (nSPS) is 13.0. The molecule has 0 aromatic carbocycles. The molecule has 0 spiro atoms. The van der Waals surface area contributed by atoms with Crippen LogP contribution in [0.1, 0.15) is 56.2 Å². The number of carbonyl (C=O) groups excluding carboxylic acids is 1. The number of carboxylic acids is 1. The summed E-state index contributed by atoms with van der Waals surface area (Å²) >= 11 is 0. The van der Waals surface area contributed by atoms with Crippen molar-refractivity contribution in [2.75, 3.05) is 6.54 Å². The fourth-order valence-electron chi connectivity index (χ4n) is 2.29. The predicted octanol–water partition coefficient (Wildman–Crippen LogP) is 2.37. The van der Waals surface area contributed by atoms with Crippen molar-refractivity contribution < 1.29 is 14.7 Å². The van der Waals surface area contributed by atoms with Gasteiger partial charge in [-0.05, 0) is 37.2 Å². The van der Waals surface area contributed by atoms with E-state index in [1.165, 1.54) is 0 Å². The molecular weight excluding hydrogens is 270 g/mol. The lowest BCUT2D eigenvalue weighted by Crippen LogP contribution is -2.30. The molecule has 0 radical (unpaired) electrons. The minimum atomic E-state index is -0.778. The van der Waals surface area contributed by atoms with Gasteiger partial charge in [-0.15, -0.1) is 0 Å². The summed E-state index contributed by atoms with van der Waals surface area (Å²) in [5, 5.41) is 18.3. The smallest absolute Gasteiger partial charge is 0.303 e. The topological polar surface area (TPSA) is 95.1 Å². The van der Waals surface area contributed by atoms with Crippen molar-refractivity contribution >= 4 is 11.9 Å². The van der Waals surface area contributed by atoms with E-state index in [9.17, 15) is 9.59 Å². The van der Waals surface area contributed by atoms with E-state index in [2.05, 4.69) is 36.3 Å². The molecule has 1 rings (SSSR count). The number of aliphatic carboxylic acids is 1. The third kappa shape index (κ3) is 5.97. The number of aryl methyl sites for hydroxylation is 1. The first-order valence-electron chi connectivity index (χ1n) is 7.22. The van der Waals surface area contributed by atoms with Crippen LogP contribution in [-0.4, -0.2) is 33.7 Å². The summed E-state index contributed by atoms with van der Waals surface area (Å²) < 4.78 is 0. The maximum atomic E-state index is 11.9. The highest BCUT2D eigenvalue weighted by Gasteiger charge is 2.25. The number of nitrogens with zero attached hydrogens (tertiary/aromatic N) is 1. The molecule has 0 saturated carbocycles. The summed E-state index contributed by atoms with van der Waals surface area (Å²) in [6.45, 7) is 8.65. The molecule has 0 aliphatic carbocycles. The van der Waals surface area contributed by atoms with E-state index in [0.29, 0.717) is 18.7 Å². The van der Waals surface area contributed by atoms with Gasteiger partial charge < -0.3 is 10.4 Å². The third-order valence-corrected chi connectivity index (χ3v) is 3.65. The molecule has 1 amide bonds. The largest absolute Gasteiger partial charge is 0.481 e. The minimum absolute atomic E-state index is 0.0170. The van der Waals surface area contributed by atoms with Crippen LogP contribution in [0, 0.1) is 18.3 Å². The summed E-state index contributed by atoms with van der Waals surface area (Å²) in [4.78, 5) is 22.6. The van der Waals surface area contributed by atoms with Crippen LogP contribution in [0.25, 0.3) is 0 Å². The molecular formula is C15H25N3O3. The van der Waals surface area contributed by atoms with Crippen LogP contribution in [0.15, 0.2) is 6.07 Å². The maximum absolute atomic E-state index is 11.9. The minimum Gasteiger partial charge on any atom is -0.481 e. The lowest BCUT2D eigenvalue weighted by atomic mass is 9.76. The van der Waals surface area contributed by atoms with E-state index in [4.69, 9.17) is 5.11 Å². The van der Waals surface area contributed by atoms with Crippen molar-refractivity contribution in [1.29, 1.82) is 0 Å². The lowest BCUT2D eigenvalue weighted by Gasteiger charge is -2.30. The maximum Gasteiger partial charge on any atom is 0.303 e. The fourth-order valence-corrected chi connectivity index (χ4v) is 2.29. The van der Waals surface area contributed by atoms with Crippen LogP contribution in [0.5, 0.6) is 0 Å². The highest BCUT2D eigenvalue weighted by molar-refractivity contribution is 5.92. The Balaban J connectivity index is 2.46. The number of rotatable bonds is 7. The second-order valence-electron chi connectivity index (χ2n) is 6.48. The van der Waals surface area contributed by atoms with Crippen molar-refractivity contribution in [3.8, 4) is 0 Å². The Bertz CT molecular complexity index is 489. The van der Waals surface area contributed by atoms with E-state index in [1.54, 1.807) is 6.07 Å². The average molecular weight is 295 g/mol.